The Balaban J connectivity index is 2.37. The highest BCUT2D eigenvalue weighted by Gasteiger charge is 2.12. The van der Waals surface area contributed by atoms with E-state index in [1.165, 1.54) is 11.7 Å². The molecule has 0 aliphatic carbocycles. The molecule has 0 saturated carbocycles. The number of nitriles is 2. The minimum Gasteiger partial charge on any atom is -0.503 e. The molecule has 9 heteroatoms. The summed E-state index contributed by atoms with van der Waals surface area (Å²) < 4.78 is 7.37. The first-order valence-corrected chi connectivity index (χ1v) is 9.99. The fraction of sp³-hybridized carbons (Fsp3) is 0.0500. The lowest BCUT2D eigenvalue weighted by atomic mass is 10.2. The molecule has 0 radical (unpaired) electrons. The van der Waals surface area contributed by atoms with Crippen LogP contribution in [0.15, 0.2) is 45.7 Å². The zero-order chi connectivity index (χ0) is 21.1. The maximum atomic E-state index is 13.1. The van der Waals surface area contributed by atoms with Crippen LogP contribution in [0.3, 0.4) is 0 Å². The van der Waals surface area contributed by atoms with Crippen molar-refractivity contribution >= 4 is 50.5 Å². The van der Waals surface area contributed by atoms with Gasteiger partial charge in [-0.1, -0.05) is 11.6 Å². The van der Waals surface area contributed by atoms with E-state index in [4.69, 9.17) is 16.3 Å². The van der Waals surface area contributed by atoms with Crippen LogP contribution in [0.25, 0.3) is 17.3 Å². The van der Waals surface area contributed by atoms with Crippen LogP contribution in [-0.4, -0.2) is 16.8 Å². The van der Waals surface area contributed by atoms with Crippen molar-refractivity contribution in [1.29, 1.82) is 10.5 Å². The molecular weight excluding hydrogens is 478 g/mol. The number of ether oxygens (including phenoxy) is 1. The fourth-order valence-electron chi connectivity index (χ4n) is 2.58. The van der Waals surface area contributed by atoms with Gasteiger partial charge >= 0.3 is 0 Å². The van der Waals surface area contributed by atoms with Crippen LogP contribution >= 0.6 is 38.9 Å². The number of nitrogens with zero attached hydrogens (tertiary/aromatic N) is 3. The molecule has 0 bridgehead atoms. The summed E-state index contributed by atoms with van der Waals surface area (Å²) in [4.78, 5) is 13.1. The summed E-state index contributed by atoms with van der Waals surface area (Å²) in [5.41, 5.74) is 0.512. The Bertz CT molecular complexity index is 1350. The van der Waals surface area contributed by atoms with Crippen molar-refractivity contribution in [1.82, 2.24) is 4.57 Å². The first-order chi connectivity index (χ1) is 13.9. The highest BCUT2D eigenvalue weighted by atomic mass is 79.9. The van der Waals surface area contributed by atoms with Crippen molar-refractivity contribution in [2.75, 3.05) is 7.11 Å². The number of hydrogen-bond donors (Lipinski definition) is 1. The summed E-state index contributed by atoms with van der Waals surface area (Å²) in [6.45, 7) is 0. The van der Waals surface area contributed by atoms with Gasteiger partial charge in [0.25, 0.3) is 5.56 Å². The van der Waals surface area contributed by atoms with Crippen LogP contribution in [0, 0.1) is 22.7 Å². The molecule has 29 heavy (non-hydrogen) atoms. The molecule has 0 fully saturated rings. The maximum Gasteiger partial charge on any atom is 0.273 e. The molecule has 6 nitrogen and oxygen atoms in total. The van der Waals surface area contributed by atoms with Crippen LogP contribution in [0.1, 0.15) is 5.56 Å². The van der Waals surface area contributed by atoms with Gasteiger partial charge in [-0.25, -0.2) is 0 Å². The summed E-state index contributed by atoms with van der Waals surface area (Å²) in [7, 11) is 1.42. The minimum absolute atomic E-state index is 0.0559. The molecule has 1 heterocycles. The van der Waals surface area contributed by atoms with E-state index in [1.54, 1.807) is 42.5 Å². The van der Waals surface area contributed by atoms with Gasteiger partial charge in [0, 0.05) is 5.02 Å². The van der Waals surface area contributed by atoms with E-state index in [0.29, 0.717) is 25.3 Å². The average molecular weight is 489 g/mol. The van der Waals surface area contributed by atoms with Gasteiger partial charge in [-0.05, 0) is 64.0 Å². The minimum atomic E-state index is -0.390. The number of halogens is 2. The van der Waals surface area contributed by atoms with E-state index in [9.17, 15) is 20.4 Å². The Morgan fingerprint density at radius 1 is 1.28 bits per heavy atom. The zero-order valence-electron chi connectivity index (χ0n) is 14.8. The highest BCUT2D eigenvalue weighted by Crippen LogP contribution is 2.35. The third-order valence-corrected chi connectivity index (χ3v) is 5.86. The average Bonchev–Trinajstić information content (AvgIpc) is 3.02. The number of thiazole rings is 1. The van der Waals surface area contributed by atoms with Gasteiger partial charge < -0.3 is 9.84 Å². The summed E-state index contributed by atoms with van der Waals surface area (Å²) in [6, 6.07) is 13.4. The van der Waals surface area contributed by atoms with E-state index >= 15 is 0 Å². The van der Waals surface area contributed by atoms with E-state index in [2.05, 4.69) is 15.9 Å². The van der Waals surface area contributed by atoms with Gasteiger partial charge in [0.1, 0.15) is 16.8 Å². The number of hydrogen-bond acceptors (Lipinski definition) is 6. The van der Waals surface area contributed by atoms with Gasteiger partial charge in [0.15, 0.2) is 17.1 Å². The largest absolute Gasteiger partial charge is 0.503 e. The third kappa shape index (κ3) is 4.06. The molecule has 2 aromatic carbocycles. The number of benzene rings is 2. The molecule has 0 saturated heterocycles. The Morgan fingerprint density at radius 3 is 2.52 bits per heavy atom. The molecule has 0 aliphatic heterocycles. The van der Waals surface area contributed by atoms with Crippen molar-refractivity contribution in [2.24, 2.45) is 0 Å². The fourth-order valence-corrected chi connectivity index (χ4v) is 4.22. The highest BCUT2D eigenvalue weighted by molar-refractivity contribution is 9.10. The van der Waals surface area contributed by atoms with Gasteiger partial charge in [-0.2, -0.15) is 10.5 Å². The molecule has 3 rings (SSSR count). The number of aromatic hydroxyl groups is 1. The van der Waals surface area contributed by atoms with Crippen molar-refractivity contribution in [2.45, 2.75) is 0 Å². The van der Waals surface area contributed by atoms with E-state index < -0.39 is 5.56 Å². The molecule has 0 aliphatic rings. The Morgan fingerprint density at radius 2 is 1.93 bits per heavy atom. The van der Waals surface area contributed by atoms with E-state index in [-0.39, 0.29) is 21.7 Å². The number of phenols is 1. The van der Waals surface area contributed by atoms with Crippen molar-refractivity contribution in [3.63, 3.8) is 0 Å². The topological polar surface area (TPSA) is 99.0 Å². The second kappa shape index (κ2) is 8.54. The second-order valence-corrected chi connectivity index (χ2v) is 8.01. The molecule has 1 aromatic heterocycles. The number of rotatable bonds is 3. The molecule has 3 aromatic rings. The molecule has 0 spiro atoms. The molecule has 0 atom stereocenters. The SMILES string of the molecule is COc1cc(/C=c2\sc(=C(C#N)C#N)n(-c3ccc(Cl)cc3)c2=O)cc(Br)c1O. The van der Waals surface area contributed by atoms with Crippen molar-refractivity contribution in [3.05, 3.63) is 71.0 Å². The van der Waals surface area contributed by atoms with Crippen LogP contribution in [0.4, 0.5) is 0 Å². The number of aromatic nitrogens is 1. The van der Waals surface area contributed by atoms with Crippen LogP contribution < -0.4 is 19.5 Å². The number of methoxy groups -OCH3 is 1. The molecular formula is C20H11BrClN3O3S. The third-order valence-electron chi connectivity index (χ3n) is 3.91. The van der Waals surface area contributed by atoms with E-state index in [0.717, 1.165) is 11.3 Å². The van der Waals surface area contributed by atoms with Crippen molar-refractivity contribution in [3.8, 4) is 29.3 Å². The Hall–Kier alpha value is -3.04. The summed E-state index contributed by atoms with van der Waals surface area (Å²) in [5.74, 6) is 0.182. The lowest BCUT2D eigenvalue weighted by molar-refractivity contribution is 0.372. The lowest BCUT2D eigenvalue weighted by Crippen LogP contribution is -2.30. The molecule has 0 unspecified atom stereocenters. The number of phenolic OH excluding ortho intramolecular Hbond substituents is 1. The van der Waals surface area contributed by atoms with Crippen LogP contribution in [0.5, 0.6) is 11.5 Å². The maximum absolute atomic E-state index is 13.1. The Kier molecular flexibility index (Phi) is 6.09. The van der Waals surface area contributed by atoms with Crippen molar-refractivity contribution < 1.29 is 9.84 Å². The van der Waals surface area contributed by atoms with E-state index in [1.807, 2.05) is 12.1 Å². The van der Waals surface area contributed by atoms with Crippen LogP contribution in [0.2, 0.25) is 5.02 Å². The Labute approximate surface area is 182 Å². The van der Waals surface area contributed by atoms with Gasteiger partial charge in [-0.15, -0.1) is 11.3 Å². The zero-order valence-corrected chi connectivity index (χ0v) is 18.0. The van der Waals surface area contributed by atoms with Gasteiger partial charge in [0.05, 0.1) is 21.8 Å². The van der Waals surface area contributed by atoms with Gasteiger partial charge in [-0.3, -0.25) is 9.36 Å². The predicted octanol–water partition coefficient (Wildman–Crippen LogP) is 3.06. The summed E-state index contributed by atoms with van der Waals surface area (Å²) >= 11 is 10.2. The molecule has 1 N–H and O–H groups in total. The monoisotopic (exact) mass is 487 g/mol. The standard InChI is InChI=1S/C20H11BrClN3O3S/c1-28-16-7-11(6-15(21)18(16)26)8-17-19(27)25(14-4-2-13(22)3-5-14)20(29-17)12(9-23)10-24/h2-8,26H,1H3/b17-8-. The second-order valence-electron chi connectivity index (χ2n) is 5.68. The molecule has 144 valence electrons. The van der Waals surface area contributed by atoms with Gasteiger partial charge in [0.2, 0.25) is 0 Å². The normalized spacial score (nSPS) is 11.0. The predicted molar refractivity (Wildman–Crippen MR) is 115 cm³/mol. The summed E-state index contributed by atoms with van der Waals surface area (Å²) in [6.07, 6.45) is 1.60. The quantitative estimate of drug-likeness (QED) is 0.611. The smallest absolute Gasteiger partial charge is 0.273 e. The first-order valence-electron chi connectivity index (χ1n) is 8.00. The van der Waals surface area contributed by atoms with Crippen LogP contribution in [-0.2, 0) is 0 Å². The molecule has 0 amide bonds. The first kappa shape index (κ1) is 20.7. The lowest BCUT2D eigenvalue weighted by Gasteiger charge is -2.06. The summed E-state index contributed by atoms with van der Waals surface area (Å²) in [5, 5.41) is 29.1.